The molecule has 1 aliphatic rings. The van der Waals surface area contributed by atoms with Crippen LogP contribution in [0.2, 0.25) is 0 Å². The maximum Gasteiger partial charge on any atom is 0.410 e. The van der Waals surface area contributed by atoms with E-state index >= 15 is 0 Å². The molecule has 3 amide bonds. The Kier molecular flexibility index (Phi) is 12.4. The first-order valence-electron chi connectivity index (χ1n) is 14.9. The quantitative estimate of drug-likeness (QED) is 0.295. The highest BCUT2D eigenvalue weighted by molar-refractivity contribution is 7.89. The lowest BCUT2D eigenvalue weighted by Crippen LogP contribution is -2.37. The van der Waals surface area contributed by atoms with Crippen LogP contribution in [-0.4, -0.2) is 79.8 Å². The van der Waals surface area contributed by atoms with Gasteiger partial charge >= 0.3 is 6.09 Å². The van der Waals surface area contributed by atoms with Crippen LogP contribution in [0.4, 0.5) is 9.80 Å². The highest BCUT2D eigenvalue weighted by Gasteiger charge is 2.33. The number of amides is 3. The average molecular weight is 621 g/mol. The van der Waals surface area contributed by atoms with E-state index < -0.39 is 22.0 Å². The Morgan fingerprint density at radius 3 is 2.21 bits per heavy atom. The number of carbonyl (C=O) groups excluding carboxylic acids is 3. The fraction of sp³-hybridized carbons (Fsp3) is 0.567. The van der Waals surface area contributed by atoms with E-state index in [2.05, 4.69) is 5.32 Å². The summed E-state index contributed by atoms with van der Waals surface area (Å²) in [4.78, 5) is 44.0. The third-order valence-electron chi connectivity index (χ3n) is 7.17. The van der Waals surface area contributed by atoms with Gasteiger partial charge in [-0.3, -0.25) is 9.59 Å². The van der Waals surface area contributed by atoms with Gasteiger partial charge in [0.05, 0.1) is 23.6 Å². The molecule has 42 heavy (non-hydrogen) atoms. The SMILES string of the molecule is CCCCN(CC)S(=O)(=O)c1ccc(C(=O)Nc2sc3c(c2C(=O)N(CCC)CCC)CCN(C(=O)OCC)C3)cc1. The van der Waals surface area contributed by atoms with Crippen molar-refractivity contribution in [3.63, 3.8) is 0 Å². The predicted molar refractivity (Wildman–Crippen MR) is 166 cm³/mol. The van der Waals surface area contributed by atoms with Crippen molar-refractivity contribution in [3.8, 4) is 0 Å². The summed E-state index contributed by atoms with van der Waals surface area (Å²) in [6.07, 6.45) is 3.34. The molecule has 0 aliphatic carbocycles. The van der Waals surface area contributed by atoms with Crippen molar-refractivity contribution in [1.29, 1.82) is 0 Å². The molecule has 0 fully saturated rings. The summed E-state index contributed by atoms with van der Waals surface area (Å²) in [6, 6.07) is 5.89. The number of sulfonamides is 1. The molecule has 10 nitrogen and oxygen atoms in total. The number of anilines is 1. The zero-order chi connectivity index (χ0) is 30.9. The van der Waals surface area contributed by atoms with Crippen molar-refractivity contribution in [1.82, 2.24) is 14.1 Å². The minimum absolute atomic E-state index is 0.133. The van der Waals surface area contributed by atoms with Crippen LogP contribution in [0, 0.1) is 0 Å². The van der Waals surface area contributed by atoms with E-state index in [4.69, 9.17) is 4.74 Å². The molecule has 0 atom stereocenters. The van der Waals surface area contributed by atoms with Crippen LogP contribution in [0.25, 0.3) is 0 Å². The molecule has 1 aromatic heterocycles. The van der Waals surface area contributed by atoms with E-state index in [-0.39, 0.29) is 23.0 Å². The van der Waals surface area contributed by atoms with E-state index in [1.807, 2.05) is 32.6 Å². The van der Waals surface area contributed by atoms with Crippen molar-refractivity contribution in [2.24, 2.45) is 0 Å². The van der Waals surface area contributed by atoms with Crippen LogP contribution in [0.15, 0.2) is 29.2 Å². The molecule has 1 aliphatic heterocycles. The van der Waals surface area contributed by atoms with Gasteiger partial charge in [0.1, 0.15) is 5.00 Å². The molecular formula is C30H44N4O6S2. The topological polar surface area (TPSA) is 116 Å². The Hall–Kier alpha value is -2.96. The van der Waals surface area contributed by atoms with Crippen LogP contribution in [0.3, 0.4) is 0 Å². The molecule has 3 rings (SSSR count). The standard InChI is InChI=1S/C30H44N4O6S2/c1-6-11-19-34(9-4)42(38,39)23-14-12-22(13-15-23)27(35)31-28-26(29(36)32(17-7-2)18-8-3)24-16-20-33(21-25(24)41-28)30(37)40-10-5/h12-15H,6-11,16-21H2,1-5H3,(H,31,35). The number of benzene rings is 1. The van der Waals surface area contributed by atoms with Crippen molar-refractivity contribution < 1.29 is 27.5 Å². The first kappa shape index (κ1) is 33.5. The Morgan fingerprint density at radius 1 is 0.976 bits per heavy atom. The average Bonchev–Trinajstić information content (AvgIpc) is 3.34. The number of fused-ring (bicyclic) bond motifs is 1. The maximum atomic E-state index is 13.8. The molecule has 232 valence electrons. The van der Waals surface area contributed by atoms with Gasteiger partial charge in [-0.05, 0) is 62.4 Å². The van der Waals surface area contributed by atoms with Gasteiger partial charge in [0.2, 0.25) is 10.0 Å². The monoisotopic (exact) mass is 620 g/mol. The minimum atomic E-state index is -3.67. The lowest BCUT2D eigenvalue weighted by molar-refractivity contribution is 0.0755. The molecule has 0 radical (unpaired) electrons. The zero-order valence-electron chi connectivity index (χ0n) is 25.4. The number of rotatable bonds is 14. The van der Waals surface area contributed by atoms with E-state index in [0.29, 0.717) is 56.3 Å². The summed E-state index contributed by atoms with van der Waals surface area (Å²) in [7, 11) is -3.67. The molecule has 2 heterocycles. The second-order valence-electron chi connectivity index (χ2n) is 10.2. The van der Waals surface area contributed by atoms with Crippen LogP contribution < -0.4 is 5.32 Å². The Labute approximate surface area is 254 Å². The van der Waals surface area contributed by atoms with Crippen LogP contribution in [0.1, 0.15) is 91.5 Å². The first-order chi connectivity index (χ1) is 20.1. The highest BCUT2D eigenvalue weighted by atomic mass is 32.2. The van der Waals surface area contributed by atoms with Gasteiger partial charge in [-0.15, -0.1) is 11.3 Å². The third kappa shape index (κ3) is 7.70. The van der Waals surface area contributed by atoms with E-state index in [1.165, 1.54) is 39.9 Å². The number of thiophene rings is 1. The van der Waals surface area contributed by atoms with Gasteiger partial charge < -0.3 is 19.9 Å². The molecule has 0 spiro atoms. The second kappa shape index (κ2) is 15.5. The van der Waals surface area contributed by atoms with Gasteiger partial charge in [0.15, 0.2) is 0 Å². The Morgan fingerprint density at radius 2 is 1.64 bits per heavy atom. The Bertz CT molecular complexity index is 1330. The van der Waals surface area contributed by atoms with Crippen LogP contribution in [-0.2, 0) is 27.7 Å². The minimum Gasteiger partial charge on any atom is -0.450 e. The molecule has 12 heteroatoms. The third-order valence-corrected chi connectivity index (χ3v) is 10.3. The van der Waals surface area contributed by atoms with Gasteiger partial charge in [-0.2, -0.15) is 4.31 Å². The van der Waals surface area contributed by atoms with Crippen molar-refractivity contribution in [2.75, 3.05) is 44.6 Å². The molecule has 0 saturated carbocycles. The predicted octanol–water partition coefficient (Wildman–Crippen LogP) is 5.59. The fourth-order valence-electron chi connectivity index (χ4n) is 4.99. The summed E-state index contributed by atoms with van der Waals surface area (Å²) in [6.45, 7) is 12.6. The van der Waals surface area contributed by atoms with E-state index in [1.54, 1.807) is 11.8 Å². The summed E-state index contributed by atoms with van der Waals surface area (Å²) in [5.74, 6) is -0.575. The molecular weight excluding hydrogens is 576 g/mol. The summed E-state index contributed by atoms with van der Waals surface area (Å²) >= 11 is 1.30. The molecule has 1 N–H and O–H groups in total. The van der Waals surface area contributed by atoms with E-state index in [9.17, 15) is 22.8 Å². The Balaban J connectivity index is 1.92. The summed E-state index contributed by atoms with van der Waals surface area (Å²) in [5.41, 5.74) is 1.61. The van der Waals surface area contributed by atoms with Crippen LogP contribution >= 0.6 is 11.3 Å². The molecule has 2 aromatic rings. The largest absolute Gasteiger partial charge is 0.450 e. The highest BCUT2D eigenvalue weighted by Crippen LogP contribution is 2.38. The van der Waals surface area contributed by atoms with E-state index in [0.717, 1.165) is 36.1 Å². The summed E-state index contributed by atoms with van der Waals surface area (Å²) in [5, 5.41) is 3.37. The van der Waals surface area contributed by atoms with Gasteiger partial charge in [0.25, 0.3) is 11.8 Å². The number of nitrogens with one attached hydrogen (secondary N) is 1. The molecule has 0 saturated heterocycles. The first-order valence-corrected chi connectivity index (χ1v) is 17.1. The second-order valence-corrected chi connectivity index (χ2v) is 13.2. The van der Waals surface area contributed by atoms with Gasteiger partial charge in [-0.1, -0.05) is 34.1 Å². The van der Waals surface area contributed by atoms with Crippen molar-refractivity contribution in [2.45, 2.75) is 78.2 Å². The maximum absolute atomic E-state index is 13.8. The lowest BCUT2D eigenvalue weighted by atomic mass is 10.0. The number of unbranched alkanes of at least 4 members (excludes halogenated alkanes) is 1. The fourth-order valence-corrected chi connectivity index (χ4v) is 7.72. The van der Waals surface area contributed by atoms with Gasteiger partial charge in [0, 0.05) is 43.2 Å². The molecule has 0 bridgehead atoms. The smallest absolute Gasteiger partial charge is 0.410 e. The number of ether oxygens (including phenoxy) is 1. The number of nitrogens with zero attached hydrogens (tertiary/aromatic N) is 3. The normalized spacial score (nSPS) is 13.1. The van der Waals surface area contributed by atoms with Crippen molar-refractivity contribution >= 4 is 44.3 Å². The zero-order valence-corrected chi connectivity index (χ0v) is 27.0. The number of hydrogen-bond donors (Lipinski definition) is 1. The molecule has 0 unspecified atom stereocenters. The van der Waals surface area contributed by atoms with Crippen LogP contribution in [0.5, 0.6) is 0 Å². The lowest BCUT2D eigenvalue weighted by Gasteiger charge is -2.27. The number of hydrogen-bond acceptors (Lipinski definition) is 7. The number of carbonyl (C=O) groups is 3. The van der Waals surface area contributed by atoms with Crippen molar-refractivity contribution in [3.05, 3.63) is 45.8 Å². The van der Waals surface area contributed by atoms with Gasteiger partial charge in [-0.25, -0.2) is 13.2 Å². The summed E-state index contributed by atoms with van der Waals surface area (Å²) < 4.78 is 32.8. The molecule has 1 aromatic carbocycles.